The Labute approximate surface area is 142 Å². The van der Waals surface area contributed by atoms with Crippen molar-refractivity contribution in [3.8, 4) is 11.4 Å². The standard InChI is InChI=1S/C14H11BrF3N3O3/c15-9-4-3-7(6-8(9)14(16,17)18)11-19-12(24-20-11)10-2-1-5-21(10)13(22)23/h3-4,6,10H,1-2,5H2,(H,22,23)/t10-/m0/s1. The van der Waals surface area contributed by atoms with Gasteiger partial charge >= 0.3 is 12.3 Å². The Kier molecular flexibility index (Phi) is 4.24. The molecule has 0 spiro atoms. The number of hydrogen-bond donors (Lipinski definition) is 1. The van der Waals surface area contributed by atoms with Gasteiger partial charge in [-0.1, -0.05) is 21.1 Å². The average Bonchev–Trinajstić information content (AvgIpc) is 3.15. The molecule has 0 bridgehead atoms. The first kappa shape index (κ1) is 16.7. The van der Waals surface area contributed by atoms with Gasteiger partial charge in [-0.25, -0.2) is 4.79 Å². The Bertz CT molecular complexity index is 778. The summed E-state index contributed by atoms with van der Waals surface area (Å²) in [6.07, 6.45) is -4.43. The maximum absolute atomic E-state index is 13.0. The van der Waals surface area contributed by atoms with E-state index in [1.54, 1.807) is 0 Å². The van der Waals surface area contributed by atoms with Gasteiger partial charge in [0.2, 0.25) is 11.7 Å². The van der Waals surface area contributed by atoms with Gasteiger partial charge in [-0.05, 0) is 31.0 Å². The van der Waals surface area contributed by atoms with Crippen LogP contribution in [0.25, 0.3) is 11.4 Å². The molecule has 24 heavy (non-hydrogen) atoms. The highest BCUT2D eigenvalue weighted by Gasteiger charge is 2.35. The van der Waals surface area contributed by atoms with Crippen LogP contribution in [0.2, 0.25) is 0 Å². The summed E-state index contributed by atoms with van der Waals surface area (Å²) in [6.45, 7) is 0.355. The van der Waals surface area contributed by atoms with Crippen molar-refractivity contribution in [2.75, 3.05) is 6.54 Å². The molecule has 0 aliphatic carbocycles. The second kappa shape index (κ2) is 6.08. The van der Waals surface area contributed by atoms with Gasteiger partial charge in [0.1, 0.15) is 6.04 Å². The predicted octanol–water partition coefficient (Wildman–Crippen LogP) is 4.33. The first-order chi connectivity index (χ1) is 11.3. The van der Waals surface area contributed by atoms with E-state index in [-0.39, 0.29) is 21.8 Å². The van der Waals surface area contributed by atoms with Gasteiger partial charge in [-0.2, -0.15) is 18.2 Å². The molecule has 1 aromatic carbocycles. The van der Waals surface area contributed by atoms with E-state index < -0.39 is 23.9 Å². The van der Waals surface area contributed by atoms with E-state index in [4.69, 9.17) is 9.63 Å². The number of carbonyl (C=O) groups is 1. The minimum atomic E-state index is -4.52. The van der Waals surface area contributed by atoms with E-state index in [1.165, 1.54) is 17.0 Å². The lowest BCUT2D eigenvalue weighted by atomic mass is 10.1. The molecule has 1 fully saturated rings. The maximum Gasteiger partial charge on any atom is 0.417 e. The van der Waals surface area contributed by atoms with Gasteiger partial charge < -0.3 is 9.63 Å². The van der Waals surface area contributed by atoms with Crippen LogP contribution in [0.4, 0.5) is 18.0 Å². The van der Waals surface area contributed by atoms with Crippen LogP contribution in [0, 0.1) is 0 Å². The van der Waals surface area contributed by atoms with Crippen LogP contribution < -0.4 is 0 Å². The summed E-state index contributed by atoms with van der Waals surface area (Å²) in [5.41, 5.74) is -0.709. The van der Waals surface area contributed by atoms with Crippen molar-refractivity contribution in [2.24, 2.45) is 0 Å². The molecule has 2 aromatic rings. The molecule has 3 rings (SSSR count). The predicted molar refractivity (Wildman–Crippen MR) is 79.1 cm³/mol. The van der Waals surface area contributed by atoms with Crippen molar-refractivity contribution in [3.05, 3.63) is 34.1 Å². The summed E-state index contributed by atoms with van der Waals surface area (Å²) in [5.74, 6) is 0.0709. The molecule has 6 nitrogen and oxygen atoms in total. The molecule has 0 saturated carbocycles. The largest absolute Gasteiger partial charge is 0.465 e. The number of alkyl halides is 3. The number of likely N-dealkylation sites (tertiary alicyclic amines) is 1. The van der Waals surface area contributed by atoms with Gasteiger partial charge in [0.15, 0.2) is 0 Å². The highest BCUT2D eigenvalue weighted by atomic mass is 79.9. The van der Waals surface area contributed by atoms with Gasteiger partial charge in [0.25, 0.3) is 0 Å². The summed E-state index contributed by atoms with van der Waals surface area (Å²) in [4.78, 5) is 16.4. The van der Waals surface area contributed by atoms with E-state index in [0.29, 0.717) is 19.4 Å². The average molecular weight is 406 g/mol. The Morgan fingerprint density at radius 1 is 1.42 bits per heavy atom. The smallest absolute Gasteiger partial charge is 0.417 e. The fourth-order valence-corrected chi connectivity index (χ4v) is 3.09. The van der Waals surface area contributed by atoms with E-state index >= 15 is 0 Å². The molecular weight excluding hydrogens is 395 g/mol. The topological polar surface area (TPSA) is 79.5 Å². The van der Waals surface area contributed by atoms with Crippen molar-refractivity contribution in [2.45, 2.75) is 25.1 Å². The van der Waals surface area contributed by atoms with Gasteiger partial charge in [0.05, 0.1) is 5.56 Å². The molecule has 1 aliphatic heterocycles. The van der Waals surface area contributed by atoms with Crippen LogP contribution in [0.3, 0.4) is 0 Å². The normalized spacial score (nSPS) is 18.2. The second-order valence-corrected chi connectivity index (χ2v) is 6.14. The zero-order chi connectivity index (χ0) is 17.5. The van der Waals surface area contributed by atoms with E-state index in [1.807, 2.05) is 0 Å². The molecule has 1 amide bonds. The highest BCUT2D eigenvalue weighted by Crippen LogP contribution is 2.37. The van der Waals surface area contributed by atoms with Gasteiger partial charge in [0, 0.05) is 16.6 Å². The SMILES string of the molecule is O=C(O)N1CCC[C@H]1c1nc(-c2ccc(Br)c(C(F)(F)F)c2)no1. The lowest BCUT2D eigenvalue weighted by molar-refractivity contribution is -0.138. The summed E-state index contributed by atoms with van der Waals surface area (Å²) in [6, 6.07) is 3.04. The van der Waals surface area contributed by atoms with Crippen LogP contribution in [0.1, 0.15) is 30.3 Å². The number of amides is 1. The lowest BCUT2D eigenvalue weighted by Gasteiger charge is -2.17. The number of carboxylic acid groups (broad SMARTS) is 1. The summed E-state index contributed by atoms with van der Waals surface area (Å²) in [7, 11) is 0. The third-order valence-corrected chi connectivity index (χ3v) is 4.45. The minimum Gasteiger partial charge on any atom is -0.465 e. The van der Waals surface area contributed by atoms with Crippen molar-refractivity contribution in [1.29, 1.82) is 0 Å². The fraction of sp³-hybridized carbons (Fsp3) is 0.357. The first-order valence-electron chi connectivity index (χ1n) is 6.97. The molecule has 1 N–H and O–H groups in total. The first-order valence-corrected chi connectivity index (χ1v) is 7.77. The molecule has 1 aliphatic rings. The number of rotatable bonds is 2. The van der Waals surface area contributed by atoms with Crippen LogP contribution in [0.15, 0.2) is 27.2 Å². The summed E-state index contributed by atoms with van der Waals surface area (Å²) in [5, 5.41) is 12.8. The molecule has 2 heterocycles. The Morgan fingerprint density at radius 3 is 2.83 bits per heavy atom. The van der Waals surface area contributed by atoms with Crippen molar-refractivity contribution >= 4 is 22.0 Å². The molecule has 1 atom stereocenters. The lowest BCUT2D eigenvalue weighted by Crippen LogP contribution is -2.28. The van der Waals surface area contributed by atoms with Gasteiger partial charge in [-0.3, -0.25) is 4.90 Å². The quantitative estimate of drug-likeness (QED) is 0.803. The van der Waals surface area contributed by atoms with Crippen LogP contribution in [-0.4, -0.2) is 32.8 Å². The number of hydrogen-bond acceptors (Lipinski definition) is 4. The summed E-state index contributed by atoms with van der Waals surface area (Å²) < 4.78 is 43.9. The zero-order valence-electron chi connectivity index (χ0n) is 12.0. The number of benzene rings is 1. The van der Waals surface area contributed by atoms with E-state index in [9.17, 15) is 18.0 Å². The second-order valence-electron chi connectivity index (χ2n) is 5.28. The van der Waals surface area contributed by atoms with E-state index in [2.05, 4.69) is 26.1 Å². The molecule has 1 aromatic heterocycles. The van der Waals surface area contributed by atoms with E-state index in [0.717, 1.165) is 6.07 Å². The minimum absolute atomic E-state index is 0.0137. The third-order valence-electron chi connectivity index (χ3n) is 3.76. The number of halogens is 4. The van der Waals surface area contributed by atoms with Crippen molar-refractivity contribution in [1.82, 2.24) is 15.0 Å². The Hall–Kier alpha value is -2.10. The molecule has 1 saturated heterocycles. The monoisotopic (exact) mass is 405 g/mol. The molecule has 0 radical (unpaired) electrons. The fourth-order valence-electron chi connectivity index (χ4n) is 2.62. The molecule has 10 heteroatoms. The van der Waals surface area contributed by atoms with Crippen LogP contribution in [-0.2, 0) is 6.18 Å². The molecule has 128 valence electrons. The number of aromatic nitrogens is 2. The van der Waals surface area contributed by atoms with Crippen molar-refractivity contribution < 1.29 is 27.6 Å². The Balaban J connectivity index is 1.93. The highest BCUT2D eigenvalue weighted by molar-refractivity contribution is 9.10. The Morgan fingerprint density at radius 2 is 2.17 bits per heavy atom. The summed E-state index contributed by atoms with van der Waals surface area (Å²) >= 11 is 2.87. The maximum atomic E-state index is 13.0. The van der Waals surface area contributed by atoms with Crippen molar-refractivity contribution in [3.63, 3.8) is 0 Å². The van der Waals surface area contributed by atoms with Crippen LogP contribution >= 0.6 is 15.9 Å². The molecular formula is C14H11BrF3N3O3. The third kappa shape index (κ3) is 3.10. The molecule has 0 unspecified atom stereocenters. The van der Waals surface area contributed by atoms with Gasteiger partial charge in [-0.15, -0.1) is 0 Å². The zero-order valence-corrected chi connectivity index (χ0v) is 13.6. The van der Waals surface area contributed by atoms with Crippen LogP contribution in [0.5, 0.6) is 0 Å². The number of nitrogens with zero attached hydrogens (tertiary/aromatic N) is 3.